The number of carbonyl (C=O) groups is 3. The molecular formula is C19H19FN2O3. The van der Waals surface area contributed by atoms with Gasteiger partial charge in [-0.3, -0.25) is 14.4 Å². The van der Waals surface area contributed by atoms with E-state index < -0.39 is 11.7 Å². The lowest BCUT2D eigenvalue weighted by molar-refractivity contribution is -0.123. The molecule has 0 aliphatic heterocycles. The van der Waals surface area contributed by atoms with Crippen LogP contribution in [0.5, 0.6) is 0 Å². The highest BCUT2D eigenvalue weighted by Gasteiger charge is 2.17. The minimum absolute atomic E-state index is 0.0325. The van der Waals surface area contributed by atoms with Gasteiger partial charge in [0.25, 0.3) is 0 Å². The molecule has 0 aliphatic rings. The van der Waals surface area contributed by atoms with Crippen molar-refractivity contribution in [2.45, 2.75) is 20.4 Å². The normalized spacial score (nSPS) is 10.2. The molecule has 5 nitrogen and oxygen atoms in total. The van der Waals surface area contributed by atoms with Gasteiger partial charge in [0.15, 0.2) is 5.78 Å². The fourth-order valence-corrected chi connectivity index (χ4v) is 2.31. The van der Waals surface area contributed by atoms with E-state index in [-0.39, 0.29) is 24.8 Å². The molecule has 130 valence electrons. The third-order valence-electron chi connectivity index (χ3n) is 3.68. The lowest BCUT2D eigenvalue weighted by atomic mass is 10.1. The number of benzene rings is 2. The molecule has 1 N–H and O–H groups in total. The maximum Gasteiger partial charge on any atom is 0.240 e. The Hall–Kier alpha value is -3.02. The van der Waals surface area contributed by atoms with Crippen molar-refractivity contribution in [3.05, 3.63) is 65.5 Å². The van der Waals surface area contributed by atoms with E-state index >= 15 is 0 Å². The van der Waals surface area contributed by atoms with Gasteiger partial charge < -0.3 is 10.2 Å². The van der Waals surface area contributed by atoms with Gasteiger partial charge in [-0.05, 0) is 25.1 Å². The lowest BCUT2D eigenvalue weighted by Gasteiger charge is -2.21. The van der Waals surface area contributed by atoms with Gasteiger partial charge in [0, 0.05) is 30.3 Å². The summed E-state index contributed by atoms with van der Waals surface area (Å²) in [7, 11) is 0. The van der Waals surface area contributed by atoms with E-state index in [0.29, 0.717) is 16.8 Å². The fraction of sp³-hybridized carbons (Fsp3) is 0.211. The number of anilines is 1. The van der Waals surface area contributed by atoms with E-state index in [9.17, 15) is 18.8 Å². The highest BCUT2D eigenvalue weighted by atomic mass is 19.1. The summed E-state index contributed by atoms with van der Waals surface area (Å²) >= 11 is 0. The molecule has 2 aromatic rings. The molecule has 0 atom stereocenters. The maximum absolute atomic E-state index is 13.6. The van der Waals surface area contributed by atoms with Crippen LogP contribution in [0.2, 0.25) is 0 Å². The predicted molar refractivity (Wildman–Crippen MR) is 92.7 cm³/mol. The highest BCUT2D eigenvalue weighted by Crippen LogP contribution is 2.17. The zero-order valence-corrected chi connectivity index (χ0v) is 14.1. The molecule has 0 saturated carbocycles. The quantitative estimate of drug-likeness (QED) is 0.821. The average molecular weight is 342 g/mol. The number of hydrogen-bond acceptors (Lipinski definition) is 3. The maximum atomic E-state index is 13.6. The average Bonchev–Trinajstić information content (AvgIpc) is 2.58. The summed E-state index contributed by atoms with van der Waals surface area (Å²) in [4.78, 5) is 36.8. The van der Waals surface area contributed by atoms with Crippen LogP contribution in [0.1, 0.15) is 29.8 Å². The minimum Gasteiger partial charge on any atom is -0.350 e. The Labute approximate surface area is 145 Å². The zero-order valence-electron chi connectivity index (χ0n) is 14.1. The topological polar surface area (TPSA) is 66.5 Å². The monoisotopic (exact) mass is 342 g/mol. The molecule has 6 heteroatoms. The SMILES string of the molecule is CC(=O)c1cccc(N(CC(=O)NCc2ccccc2F)C(C)=O)c1. The Bertz CT molecular complexity index is 805. The summed E-state index contributed by atoms with van der Waals surface area (Å²) in [6, 6.07) is 12.7. The molecule has 0 bridgehead atoms. The van der Waals surface area contributed by atoms with E-state index in [1.54, 1.807) is 42.5 Å². The molecular weight excluding hydrogens is 323 g/mol. The molecule has 2 amide bonds. The van der Waals surface area contributed by atoms with Crippen LogP contribution in [0.15, 0.2) is 48.5 Å². The van der Waals surface area contributed by atoms with Crippen molar-refractivity contribution in [3.63, 3.8) is 0 Å². The highest BCUT2D eigenvalue weighted by molar-refractivity contribution is 6.00. The Morgan fingerprint density at radius 1 is 1.04 bits per heavy atom. The number of hydrogen-bond donors (Lipinski definition) is 1. The van der Waals surface area contributed by atoms with Gasteiger partial charge in [-0.2, -0.15) is 0 Å². The molecule has 25 heavy (non-hydrogen) atoms. The first kappa shape index (κ1) is 18.3. The van der Waals surface area contributed by atoms with Gasteiger partial charge in [-0.1, -0.05) is 30.3 Å². The molecule has 0 heterocycles. The third kappa shape index (κ3) is 4.97. The smallest absolute Gasteiger partial charge is 0.240 e. The van der Waals surface area contributed by atoms with Crippen molar-refractivity contribution in [1.82, 2.24) is 5.32 Å². The van der Waals surface area contributed by atoms with Gasteiger partial charge in [0.05, 0.1) is 0 Å². The summed E-state index contributed by atoms with van der Waals surface area (Å²) in [6.45, 7) is 2.58. The van der Waals surface area contributed by atoms with E-state index in [0.717, 1.165) is 0 Å². The summed E-state index contributed by atoms with van der Waals surface area (Å²) in [5.41, 5.74) is 1.28. The summed E-state index contributed by atoms with van der Waals surface area (Å²) in [5.74, 6) is -1.29. The molecule has 0 unspecified atom stereocenters. The molecule has 0 saturated heterocycles. The molecule has 0 aromatic heterocycles. The Morgan fingerprint density at radius 3 is 2.40 bits per heavy atom. The van der Waals surface area contributed by atoms with Crippen LogP contribution >= 0.6 is 0 Å². The summed E-state index contributed by atoms with van der Waals surface area (Å²) in [5, 5.41) is 2.59. The van der Waals surface area contributed by atoms with E-state index in [2.05, 4.69) is 5.32 Å². The standard InChI is InChI=1S/C19H19FN2O3/c1-13(23)15-7-5-8-17(10-15)22(14(2)24)12-19(25)21-11-16-6-3-4-9-18(16)20/h3-10H,11-12H2,1-2H3,(H,21,25). The van der Waals surface area contributed by atoms with Crippen LogP contribution < -0.4 is 10.2 Å². The Kier molecular flexibility index (Phi) is 6.00. The van der Waals surface area contributed by atoms with Crippen LogP contribution in [-0.4, -0.2) is 24.1 Å². The lowest BCUT2D eigenvalue weighted by Crippen LogP contribution is -2.39. The summed E-state index contributed by atoms with van der Waals surface area (Å²) in [6.07, 6.45) is 0. The van der Waals surface area contributed by atoms with Crippen LogP contribution in [-0.2, 0) is 16.1 Å². The van der Waals surface area contributed by atoms with E-state index in [1.807, 2.05) is 0 Å². The molecule has 0 radical (unpaired) electrons. The number of rotatable bonds is 6. The van der Waals surface area contributed by atoms with Crippen LogP contribution in [0.4, 0.5) is 10.1 Å². The van der Waals surface area contributed by atoms with E-state index in [1.165, 1.54) is 24.8 Å². The number of ketones is 1. The number of Topliss-reactive ketones (excluding diaryl/α,β-unsaturated/α-hetero) is 1. The van der Waals surface area contributed by atoms with Crippen molar-refractivity contribution in [2.24, 2.45) is 0 Å². The number of halogens is 1. The van der Waals surface area contributed by atoms with Crippen LogP contribution in [0.3, 0.4) is 0 Å². The van der Waals surface area contributed by atoms with Crippen molar-refractivity contribution < 1.29 is 18.8 Å². The van der Waals surface area contributed by atoms with Crippen molar-refractivity contribution in [3.8, 4) is 0 Å². The molecule has 0 spiro atoms. The van der Waals surface area contributed by atoms with Gasteiger partial charge in [-0.25, -0.2) is 4.39 Å². The molecule has 0 fully saturated rings. The second-order valence-corrected chi connectivity index (χ2v) is 5.58. The minimum atomic E-state index is -0.424. The fourth-order valence-electron chi connectivity index (χ4n) is 2.31. The van der Waals surface area contributed by atoms with Crippen molar-refractivity contribution >= 4 is 23.3 Å². The zero-order chi connectivity index (χ0) is 18.4. The second kappa shape index (κ2) is 8.19. The molecule has 2 rings (SSSR count). The largest absolute Gasteiger partial charge is 0.350 e. The van der Waals surface area contributed by atoms with Gasteiger partial charge in [0.1, 0.15) is 12.4 Å². The number of nitrogens with zero attached hydrogens (tertiary/aromatic N) is 1. The summed E-state index contributed by atoms with van der Waals surface area (Å²) < 4.78 is 13.6. The van der Waals surface area contributed by atoms with Crippen molar-refractivity contribution in [2.75, 3.05) is 11.4 Å². The molecule has 0 aliphatic carbocycles. The van der Waals surface area contributed by atoms with Crippen LogP contribution in [0, 0.1) is 5.82 Å². The first-order chi connectivity index (χ1) is 11.9. The Morgan fingerprint density at radius 2 is 1.76 bits per heavy atom. The Balaban J connectivity index is 2.07. The van der Waals surface area contributed by atoms with Crippen LogP contribution in [0.25, 0.3) is 0 Å². The van der Waals surface area contributed by atoms with Crippen molar-refractivity contribution in [1.29, 1.82) is 0 Å². The second-order valence-electron chi connectivity index (χ2n) is 5.58. The number of nitrogens with one attached hydrogen (secondary N) is 1. The number of carbonyl (C=O) groups excluding carboxylic acids is 3. The third-order valence-corrected chi connectivity index (χ3v) is 3.68. The molecule has 2 aromatic carbocycles. The van der Waals surface area contributed by atoms with Gasteiger partial charge in [0.2, 0.25) is 11.8 Å². The first-order valence-electron chi connectivity index (χ1n) is 7.77. The van der Waals surface area contributed by atoms with Gasteiger partial charge in [-0.15, -0.1) is 0 Å². The van der Waals surface area contributed by atoms with Gasteiger partial charge >= 0.3 is 0 Å². The predicted octanol–water partition coefficient (Wildman–Crippen LogP) is 2.70. The van der Waals surface area contributed by atoms with E-state index in [4.69, 9.17) is 0 Å². The first-order valence-corrected chi connectivity index (χ1v) is 7.77. The number of amides is 2.